The number of phenolic OH excluding ortho intramolecular Hbond substituents is 1. The first-order valence-electron chi connectivity index (χ1n) is 15.5. The van der Waals surface area contributed by atoms with E-state index >= 15 is 0 Å². The van der Waals surface area contributed by atoms with Crippen LogP contribution in [0, 0.1) is 40.4 Å². The van der Waals surface area contributed by atoms with Crippen LogP contribution in [0.15, 0.2) is 12.1 Å². The molecule has 1 aromatic rings. The van der Waals surface area contributed by atoms with E-state index < -0.39 is 98.7 Å². The van der Waals surface area contributed by atoms with E-state index in [1.54, 1.807) is 39.8 Å². The van der Waals surface area contributed by atoms with Gasteiger partial charge in [0.25, 0.3) is 0 Å². The molecule has 0 aliphatic heterocycles. The van der Waals surface area contributed by atoms with Crippen molar-refractivity contribution in [1.82, 2.24) is 0 Å². The molecule has 10 nitrogen and oxygen atoms in total. The average Bonchev–Trinajstić information content (AvgIpc) is 2.94. The fraction of sp³-hybridized carbons (Fsp3) is 0.647. The number of phenols is 1. The summed E-state index contributed by atoms with van der Waals surface area (Å²) in [5.74, 6) is -12.7. The minimum absolute atomic E-state index is 0.0743. The molecular weight excluding hydrogens is 568 g/mol. The summed E-state index contributed by atoms with van der Waals surface area (Å²) in [5, 5.41) is 35.9. The molecule has 10 heteroatoms. The van der Waals surface area contributed by atoms with Gasteiger partial charge in [-0.2, -0.15) is 0 Å². The number of benzene rings is 1. The predicted molar refractivity (Wildman–Crippen MR) is 158 cm³/mol. The number of carbonyl (C=O) groups is 6. The Morgan fingerprint density at radius 2 is 1.66 bits per heavy atom. The monoisotopic (exact) mass is 612 g/mol. The predicted octanol–water partition coefficient (Wildman–Crippen LogP) is 3.15. The van der Waals surface area contributed by atoms with Crippen LogP contribution in [0.25, 0.3) is 0 Å². The Hall–Kier alpha value is -3.24. The lowest BCUT2D eigenvalue weighted by Crippen LogP contribution is -2.81. The highest BCUT2D eigenvalue weighted by molar-refractivity contribution is 6.33. The quantitative estimate of drug-likeness (QED) is 0.292. The first-order chi connectivity index (χ1) is 20.4. The number of ether oxygens (including phenoxy) is 1. The number of esters is 1. The van der Waals surface area contributed by atoms with Crippen molar-refractivity contribution in [2.24, 2.45) is 40.4 Å². The van der Waals surface area contributed by atoms with E-state index in [1.807, 2.05) is 6.92 Å². The molecule has 2 fully saturated rings. The third kappa shape index (κ3) is 4.20. The van der Waals surface area contributed by atoms with Crippen LogP contribution in [0.1, 0.15) is 95.6 Å². The second-order valence-corrected chi connectivity index (χ2v) is 13.7. The van der Waals surface area contributed by atoms with Crippen LogP contribution < -0.4 is 0 Å². The topological polar surface area (TPSA) is 172 Å². The van der Waals surface area contributed by atoms with Crippen molar-refractivity contribution in [3.05, 3.63) is 28.8 Å². The van der Waals surface area contributed by atoms with Crippen LogP contribution in [0.5, 0.6) is 5.75 Å². The van der Waals surface area contributed by atoms with Gasteiger partial charge in [0.1, 0.15) is 17.5 Å². The van der Waals surface area contributed by atoms with E-state index in [-0.39, 0.29) is 18.6 Å². The molecule has 3 aliphatic carbocycles. The number of Topliss-reactive ketones (excluding diaryl/α,β-unsaturated/α-hetero) is 5. The zero-order chi connectivity index (χ0) is 33.3. The molecule has 44 heavy (non-hydrogen) atoms. The lowest BCUT2D eigenvalue weighted by molar-refractivity contribution is -0.240. The molecule has 0 radical (unpaired) electrons. The van der Waals surface area contributed by atoms with Gasteiger partial charge in [-0.3, -0.25) is 28.8 Å². The summed E-state index contributed by atoms with van der Waals surface area (Å²) in [4.78, 5) is 81.6. The van der Waals surface area contributed by atoms with Crippen LogP contribution in [0.4, 0.5) is 0 Å². The second kappa shape index (κ2) is 11.3. The van der Waals surface area contributed by atoms with Gasteiger partial charge in [-0.1, -0.05) is 60.1 Å². The molecule has 0 amide bonds. The molecule has 3 N–H and O–H groups in total. The first kappa shape index (κ1) is 33.6. The van der Waals surface area contributed by atoms with E-state index in [4.69, 9.17) is 4.74 Å². The molecule has 0 bridgehead atoms. The minimum Gasteiger partial charge on any atom is -0.507 e. The molecule has 4 rings (SSSR count). The number of aliphatic hydroxyl groups is 2. The van der Waals surface area contributed by atoms with Gasteiger partial charge in [0.15, 0.2) is 28.7 Å². The van der Waals surface area contributed by atoms with Gasteiger partial charge in [-0.15, -0.1) is 0 Å². The third-order valence-corrected chi connectivity index (χ3v) is 11.0. The number of rotatable bonds is 8. The molecule has 9 atom stereocenters. The normalized spacial score (nSPS) is 35.6. The maximum Gasteiger partial charge on any atom is 0.309 e. The number of hydrogen-bond acceptors (Lipinski definition) is 10. The van der Waals surface area contributed by atoms with Crippen LogP contribution in [-0.4, -0.2) is 68.5 Å². The zero-order valence-corrected chi connectivity index (χ0v) is 26.7. The molecule has 0 saturated heterocycles. The highest BCUT2D eigenvalue weighted by Crippen LogP contribution is 2.66. The van der Waals surface area contributed by atoms with Crippen molar-refractivity contribution in [3.63, 3.8) is 0 Å². The molecule has 3 aliphatic rings. The van der Waals surface area contributed by atoms with E-state index in [1.165, 1.54) is 13.8 Å². The molecule has 0 heterocycles. The second-order valence-electron chi connectivity index (χ2n) is 13.7. The third-order valence-electron chi connectivity index (χ3n) is 11.0. The summed E-state index contributed by atoms with van der Waals surface area (Å²) in [7, 11) is 0. The van der Waals surface area contributed by atoms with Gasteiger partial charge in [-0.25, -0.2) is 0 Å². The van der Waals surface area contributed by atoms with Crippen LogP contribution in [0.3, 0.4) is 0 Å². The Bertz CT molecular complexity index is 1440. The van der Waals surface area contributed by atoms with E-state index in [2.05, 4.69) is 0 Å². The Morgan fingerprint density at radius 3 is 2.18 bits per heavy atom. The Balaban J connectivity index is 1.93. The van der Waals surface area contributed by atoms with Gasteiger partial charge in [0.05, 0.1) is 30.1 Å². The molecule has 2 saturated carbocycles. The van der Waals surface area contributed by atoms with Crippen molar-refractivity contribution < 1.29 is 48.8 Å². The number of carbonyl (C=O) groups excluding carboxylic acids is 6. The van der Waals surface area contributed by atoms with Crippen LogP contribution >= 0.6 is 0 Å². The van der Waals surface area contributed by atoms with E-state index in [0.29, 0.717) is 24.0 Å². The summed E-state index contributed by atoms with van der Waals surface area (Å²) in [6.07, 6.45) is -0.496. The standard InChI is InChI=1S/C34H44O10/c1-9-11-19(30(41)44-10-2)14-18-12-13-20-16(5)32(7)24(27(38)22(20)25(18)36)29(40)34(43)28(39)21(17(6)35)26(37)23(15(3)4)33(34,8)31(32)42/h12-13,15-16,19,21,23-24,31,36,42-43H,9-11,14H2,1-8H3/t16-,19?,21?,23?,24?,31-,32+,33+,34+/m1/s1. The minimum atomic E-state index is -3.02. The van der Waals surface area contributed by atoms with Gasteiger partial charge in [0.2, 0.25) is 0 Å². The Kier molecular flexibility index (Phi) is 8.63. The van der Waals surface area contributed by atoms with E-state index in [0.717, 1.165) is 6.92 Å². The Labute approximate surface area is 257 Å². The number of hydrogen-bond donors (Lipinski definition) is 3. The summed E-state index contributed by atoms with van der Waals surface area (Å²) in [6, 6.07) is 3.24. The van der Waals surface area contributed by atoms with Gasteiger partial charge < -0.3 is 20.1 Å². The molecular formula is C34H44O10. The largest absolute Gasteiger partial charge is 0.507 e. The lowest BCUT2D eigenvalue weighted by atomic mass is 9.37. The van der Waals surface area contributed by atoms with Gasteiger partial charge in [-0.05, 0) is 49.7 Å². The number of fused-ring (bicyclic) bond motifs is 3. The molecule has 240 valence electrons. The summed E-state index contributed by atoms with van der Waals surface area (Å²) in [6.45, 7) is 12.7. The fourth-order valence-electron chi connectivity index (χ4n) is 8.74. The summed E-state index contributed by atoms with van der Waals surface area (Å²) < 4.78 is 5.20. The van der Waals surface area contributed by atoms with Gasteiger partial charge >= 0.3 is 5.97 Å². The molecule has 0 spiro atoms. The highest BCUT2D eigenvalue weighted by atomic mass is 16.5. The Morgan fingerprint density at radius 1 is 1.05 bits per heavy atom. The van der Waals surface area contributed by atoms with Crippen molar-refractivity contribution in [1.29, 1.82) is 0 Å². The first-order valence-corrected chi connectivity index (χ1v) is 15.5. The summed E-state index contributed by atoms with van der Waals surface area (Å²) in [5.41, 5.74) is -6.19. The van der Waals surface area contributed by atoms with Crippen LogP contribution in [-0.2, 0) is 35.1 Å². The SMILES string of the molecule is CCCC(Cc1ccc2c(c1O)C(=O)C1C(=O)[C@@]3(O)C(=O)C(C(C)=O)C(=O)C(C(C)C)[C@@]3(C)[C@H](O)[C@@]1(C)[C@@H]2C)C(=O)OCC. The van der Waals surface area contributed by atoms with Gasteiger partial charge in [0, 0.05) is 16.7 Å². The zero-order valence-electron chi connectivity index (χ0n) is 26.7. The molecule has 1 aromatic carbocycles. The maximum absolute atomic E-state index is 14.5. The van der Waals surface area contributed by atoms with Crippen LogP contribution in [0.2, 0.25) is 0 Å². The average molecular weight is 613 g/mol. The summed E-state index contributed by atoms with van der Waals surface area (Å²) >= 11 is 0. The maximum atomic E-state index is 14.5. The fourth-order valence-corrected chi connectivity index (χ4v) is 8.74. The number of aliphatic hydroxyl groups excluding tert-OH is 1. The van der Waals surface area contributed by atoms with Crippen molar-refractivity contribution in [2.45, 2.75) is 92.3 Å². The van der Waals surface area contributed by atoms with Crippen molar-refractivity contribution >= 4 is 34.9 Å². The number of aromatic hydroxyl groups is 1. The van der Waals surface area contributed by atoms with E-state index in [9.17, 15) is 44.1 Å². The van der Waals surface area contributed by atoms with Crippen molar-refractivity contribution in [2.75, 3.05) is 6.61 Å². The van der Waals surface area contributed by atoms with Crippen molar-refractivity contribution in [3.8, 4) is 5.75 Å². The molecule has 0 aromatic heterocycles. The highest BCUT2D eigenvalue weighted by Gasteiger charge is 2.80. The smallest absolute Gasteiger partial charge is 0.309 e. The molecule has 4 unspecified atom stereocenters. The lowest BCUT2D eigenvalue weighted by Gasteiger charge is -2.65. The number of ketones is 5.